The van der Waals surface area contributed by atoms with Crippen molar-refractivity contribution >= 4 is 17.7 Å². The van der Waals surface area contributed by atoms with Crippen molar-refractivity contribution in [2.45, 2.75) is 32.1 Å². The van der Waals surface area contributed by atoms with Gasteiger partial charge >= 0.3 is 0 Å². The molecule has 1 atom stereocenters. The monoisotopic (exact) mass is 277 g/mol. The minimum absolute atomic E-state index is 0.0775. The molecule has 1 aromatic heterocycles. The number of hydrogen-bond donors (Lipinski definition) is 1. The van der Waals surface area contributed by atoms with E-state index in [1.54, 1.807) is 12.4 Å². The number of carbonyl (C=O) groups is 1. The number of rotatable bonds is 7. The van der Waals surface area contributed by atoms with Crippen molar-refractivity contribution in [2.24, 2.45) is 5.92 Å². The molecule has 0 aromatic carbocycles. The van der Waals surface area contributed by atoms with Crippen LogP contribution in [0.3, 0.4) is 0 Å². The zero-order valence-electron chi connectivity index (χ0n) is 11.3. The van der Waals surface area contributed by atoms with Crippen LogP contribution in [0, 0.1) is 17.2 Å². The molecule has 0 bridgehead atoms. The molecule has 102 valence electrons. The zero-order chi connectivity index (χ0) is 14.1. The van der Waals surface area contributed by atoms with E-state index in [9.17, 15) is 4.79 Å². The van der Waals surface area contributed by atoms with Gasteiger partial charge in [0.2, 0.25) is 5.91 Å². The van der Waals surface area contributed by atoms with E-state index in [4.69, 9.17) is 5.26 Å². The second-order valence-corrected chi connectivity index (χ2v) is 5.71. The standard InChI is InChI=1S/C14H19N3OS/c1-11(2)7-13(8-15)17-14(18)10-19-9-12-3-5-16-6-4-12/h3-6,11,13H,7,9-10H2,1-2H3,(H,17,18). The SMILES string of the molecule is CC(C)CC(C#N)NC(=O)CSCc1ccncc1. The number of carbonyl (C=O) groups excluding carboxylic acids is 1. The topological polar surface area (TPSA) is 65.8 Å². The fourth-order valence-electron chi connectivity index (χ4n) is 1.59. The zero-order valence-corrected chi connectivity index (χ0v) is 12.1. The van der Waals surface area contributed by atoms with Crippen molar-refractivity contribution in [3.8, 4) is 6.07 Å². The molecular weight excluding hydrogens is 258 g/mol. The minimum Gasteiger partial charge on any atom is -0.340 e. The van der Waals surface area contributed by atoms with E-state index in [1.807, 2.05) is 26.0 Å². The fraction of sp³-hybridized carbons (Fsp3) is 0.500. The van der Waals surface area contributed by atoms with Crippen molar-refractivity contribution in [1.82, 2.24) is 10.3 Å². The lowest BCUT2D eigenvalue weighted by Crippen LogP contribution is -2.35. The summed E-state index contributed by atoms with van der Waals surface area (Å²) >= 11 is 1.54. The quantitative estimate of drug-likeness (QED) is 0.831. The highest BCUT2D eigenvalue weighted by Crippen LogP contribution is 2.11. The molecule has 0 saturated carbocycles. The van der Waals surface area contributed by atoms with Gasteiger partial charge in [0.05, 0.1) is 11.8 Å². The molecule has 19 heavy (non-hydrogen) atoms. The van der Waals surface area contributed by atoms with Crippen LogP contribution in [0.25, 0.3) is 0 Å². The molecule has 1 heterocycles. The molecule has 1 N–H and O–H groups in total. The number of nitrogens with zero attached hydrogens (tertiary/aromatic N) is 2. The van der Waals surface area contributed by atoms with Gasteiger partial charge in [-0.15, -0.1) is 11.8 Å². The average Bonchev–Trinajstić information content (AvgIpc) is 2.38. The summed E-state index contributed by atoms with van der Waals surface area (Å²) in [6, 6.07) is 5.61. The van der Waals surface area contributed by atoms with Gasteiger partial charge < -0.3 is 5.32 Å². The van der Waals surface area contributed by atoms with Crippen molar-refractivity contribution in [1.29, 1.82) is 5.26 Å². The van der Waals surface area contributed by atoms with Crippen LogP contribution in [-0.2, 0) is 10.5 Å². The summed E-state index contributed by atoms with van der Waals surface area (Å²) < 4.78 is 0. The maximum Gasteiger partial charge on any atom is 0.231 e. The highest BCUT2D eigenvalue weighted by molar-refractivity contribution is 7.99. The summed E-state index contributed by atoms with van der Waals surface area (Å²) in [5.74, 6) is 1.47. The molecule has 0 spiro atoms. The number of amides is 1. The van der Waals surface area contributed by atoms with E-state index in [-0.39, 0.29) is 11.9 Å². The summed E-state index contributed by atoms with van der Waals surface area (Å²) in [5.41, 5.74) is 1.15. The number of nitrogens with one attached hydrogen (secondary N) is 1. The summed E-state index contributed by atoms with van der Waals surface area (Å²) in [5, 5.41) is 11.7. The number of thioether (sulfide) groups is 1. The van der Waals surface area contributed by atoms with Crippen LogP contribution in [-0.4, -0.2) is 22.7 Å². The van der Waals surface area contributed by atoms with Gasteiger partial charge in [0, 0.05) is 18.1 Å². The van der Waals surface area contributed by atoms with Gasteiger partial charge in [0.25, 0.3) is 0 Å². The van der Waals surface area contributed by atoms with Crippen molar-refractivity contribution < 1.29 is 4.79 Å². The number of aromatic nitrogens is 1. The third kappa shape index (κ3) is 6.82. The van der Waals surface area contributed by atoms with E-state index in [1.165, 1.54) is 11.8 Å². The van der Waals surface area contributed by atoms with E-state index in [0.717, 1.165) is 11.3 Å². The van der Waals surface area contributed by atoms with Gasteiger partial charge in [-0.2, -0.15) is 5.26 Å². The predicted molar refractivity (Wildman–Crippen MR) is 77.4 cm³/mol. The first kappa shape index (κ1) is 15.5. The first-order valence-electron chi connectivity index (χ1n) is 6.27. The van der Waals surface area contributed by atoms with Crippen LogP contribution >= 0.6 is 11.8 Å². The van der Waals surface area contributed by atoms with Gasteiger partial charge in [0.15, 0.2) is 0 Å². The Morgan fingerprint density at radius 2 is 2.16 bits per heavy atom. The van der Waals surface area contributed by atoms with Gasteiger partial charge in [-0.05, 0) is 30.0 Å². The average molecular weight is 277 g/mol. The second-order valence-electron chi connectivity index (χ2n) is 4.73. The molecule has 1 rings (SSSR count). The first-order chi connectivity index (χ1) is 9.11. The van der Waals surface area contributed by atoms with Crippen molar-refractivity contribution in [2.75, 3.05) is 5.75 Å². The molecular formula is C14H19N3OS. The molecule has 4 nitrogen and oxygen atoms in total. The number of hydrogen-bond acceptors (Lipinski definition) is 4. The number of nitriles is 1. The summed E-state index contributed by atoms with van der Waals surface area (Å²) in [6.45, 7) is 4.07. The Morgan fingerprint density at radius 1 is 1.47 bits per heavy atom. The van der Waals surface area contributed by atoms with E-state index < -0.39 is 0 Å². The van der Waals surface area contributed by atoms with E-state index in [0.29, 0.717) is 18.1 Å². The van der Waals surface area contributed by atoms with Crippen molar-refractivity contribution in [3.05, 3.63) is 30.1 Å². The third-order valence-corrected chi connectivity index (χ3v) is 3.45. The molecule has 0 radical (unpaired) electrons. The lowest BCUT2D eigenvalue weighted by Gasteiger charge is -2.13. The van der Waals surface area contributed by atoms with Gasteiger partial charge in [-0.1, -0.05) is 13.8 Å². The molecule has 5 heteroatoms. The Labute approximate surface area is 118 Å². The summed E-state index contributed by atoms with van der Waals surface area (Å²) in [7, 11) is 0. The Balaban J connectivity index is 2.26. The molecule has 0 saturated heterocycles. The highest BCUT2D eigenvalue weighted by atomic mass is 32.2. The smallest absolute Gasteiger partial charge is 0.231 e. The molecule has 1 aromatic rings. The summed E-state index contributed by atoms with van der Waals surface area (Å²) in [4.78, 5) is 15.6. The van der Waals surface area contributed by atoms with Crippen LogP contribution in [0.4, 0.5) is 0 Å². The van der Waals surface area contributed by atoms with Gasteiger partial charge in [-0.25, -0.2) is 0 Å². The van der Waals surface area contributed by atoms with Gasteiger partial charge in [0.1, 0.15) is 6.04 Å². The fourth-order valence-corrected chi connectivity index (χ4v) is 2.39. The van der Waals surface area contributed by atoms with Crippen LogP contribution in [0.5, 0.6) is 0 Å². The summed E-state index contributed by atoms with van der Waals surface area (Å²) in [6.07, 6.45) is 4.17. The van der Waals surface area contributed by atoms with Crippen LogP contribution in [0.1, 0.15) is 25.8 Å². The maximum absolute atomic E-state index is 11.7. The Kier molecular flexibility index (Phi) is 6.98. The van der Waals surface area contributed by atoms with Crippen LogP contribution in [0.2, 0.25) is 0 Å². The predicted octanol–water partition coefficient (Wildman–Crippen LogP) is 2.37. The normalized spacial score (nSPS) is 11.9. The first-order valence-corrected chi connectivity index (χ1v) is 7.43. The van der Waals surface area contributed by atoms with E-state index in [2.05, 4.69) is 16.4 Å². The molecule has 0 aliphatic heterocycles. The molecule has 0 aliphatic carbocycles. The van der Waals surface area contributed by atoms with Crippen molar-refractivity contribution in [3.63, 3.8) is 0 Å². The highest BCUT2D eigenvalue weighted by Gasteiger charge is 2.12. The Bertz CT molecular complexity index is 428. The molecule has 0 fully saturated rings. The Hall–Kier alpha value is -1.54. The number of pyridine rings is 1. The van der Waals surface area contributed by atoms with E-state index >= 15 is 0 Å². The Morgan fingerprint density at radius 3 is 2.74 bits per heavy atom. The lowest BCUT2D eigenvalue weighted by atomic mass is 10.1. The second kappa shape index (κ2) is 8.54. The third-order valence-electron chi connectivity index (χ3n) is 2.45. The molecule has 0 aliphatic rings. The van der Waals surface area contributed by atoms with Crippen LogP contribution < -0.4 is 5.32 Å². The minimum atomic E-state index is -0.381. The molecule has 1 amide bonds. The molecule has 1 unspecified atom stereocenters. The van der Waals surface area contributed by atoms with Gasteiger partial charge in [-0.3, -0.25) is 9.78 Å². The largest absolute Gasteiger partial charge is 0.340 e. The van der Waals surface area contributed by atoms with Crippen LogP contribution in [0.15, 0.2) is 24.5 Å². The maximum atomic E-state index is 11.7. The lowest BCUT2D eigenvalue weighted by molar-refractivity contribution is -0.119.